The van der Waals surface area contributed by atoms with Crippen molar-refractivity contribution in [3.63, 3.8) is 0 Å². The average Bonchev–Trinajstić information content (AvgIpc) is 2.16. The van der Waals surface area contributed by atoms with Crippen molar-refractivity contribution in [1.82, 2.24) is 0 Å². The second-order valence-electron chi connectivity index (χ2n) is 2.24. The van der Waals surface area contributed by atoms with Crippen LogP contribution < -0.4 is 4.46 Å². The maximum absolute atomic E-state index is 11.1. The molecule has 0 aliphatic heterocycles. The van der Waals surface area contributed by atoms with E-state index >= 15 is 0 Å². The molecule has 0 aliphatic carbocycles. The first-order valence-electron chi connectivity index (χ1n) is 3.83. The average molecular weight is 245 g/mol. The third-order valence-electron chi connectivity index (χ3n) is 1.26. The zero-order valence-corrected chi connectivity index (χ0v) is 8.69. The molecule has 0 saturated carbocycles. The number of rotatable bonds is 4. The van der Waals surface area contributed by atoms with Crippen LogP contribution in [0.3, 0.4) is 0 Å². The Morgan fingerprint density at radius 2 is 2.08 bits per heavy atom. The minimum absolute atomic E-state index is 0.0907. The van der Waals surface area contributed by atoms with Gasteiger partial charge in [0.25, 0.3) is 0 Å². The quantitative estimate of drug-likeness (QED) is 0.768. The van der Waals surface area contributed by atoms with Crippen LogP contribution >= 0.6 is 0 Å². The van der Waals surface area contributed by atoms with Crippen molar-refractivity contribution in [1.29, 1.82) is 0 Å². The van der Waals surface area contributed by atoms with E-state index in [4.69, 9.17) is 9.84 Å². The van der Waals surface area contributed by atoms with Crippen LogP contribution in [0.2, 0.25) is 0 Å². The standard InChI is InChI=1S/C9H10O3Se/c10-6-7-12-9(11)13-8-4-2-1-3-5-8/h1-5,10H,6-7H2. The third-order valence-corrected chi connectivity index (χ3v) is 2.92. The van der Waals surface area contributed by atoms with Gasteiger partial charge in [0.05, 0.1) is 0 Å². The predicted molar refractivity (Wildman–Crippen MR) is 50.3 cm³/mol. The molecule has 0 fully saturated rings. The summed E-state index contributed by atoms with van der Waals surface area (Å²) < 4.78 is 5.72. The number of carbonyl (C=O) groups is 1. The zero-order valence-electron chi connectivity index (χ0n) is 6.97. The third kappa shape index (κ3) is 4.08. The summed E-state index contributed by atoms with van der Waals surface area (Å²) in [5.74, 6) is 0. The molecule has 0 atom stereocenters. The van der Waals surface area contributed by atoms with Crippen LogP contribution in [0.4, 0.5) is 4.79 Å². The Balaban J connectivity index is 2.37. The number of ether oxygens (including phenoxy) is 1. The molecule has 4 heteroatoms. The van der Waals surface area contributed by atoms with Crippen LogP contribution in [0.1, 0.15) is 0 Å². The Labute approximate surface area is 82.9 Å². The molecule has 0 aromatic heterocycles. The van der Waals surface area contributed by atoms with Gasteiger partial charge in [-0.2, -0.15) is 0 Å². The van der Waals surface area contributed by atoms with E-state index in [2.05, 4.69) is 0 Å². The molecule has 3 nitrogen and oxygen atoms in total. The first-order valence-corrected chi connectivity index (χ1v) is 5.55. The van der Waals surface area contributed by atoms with Crippen LogP contribution in [-0.2, 0) is 4.74 Å². The van der Waals surface area contributed by atoms with Gasteiger partial charge >= 0.3 is 82.5 Å². The molecular formula is C9H10O3Se. The van der Waals surface area contributed by atoms with Crippen LogP contribution in [0.5, 0.6) is 0 Å². The first-order chi connectivity index (χ1) is 6.33. The molecule has 1 aromatic carbocycles. The summed E-state index contributed by atoms with van der Waals surface area (Å²) in [7, 11) is 0. The fourth-order valence-corrected chi connectivity index (χ4v) is 2.06. The van der Waals surface area contributed by atoms with Gasteiger partial charge in [-0.15, -0.1) is 0 Å². The molecule has 1 aromatic rings. The van der Waals surface area contributed by atoms with Gasteiger partial charge in [0.15, 0.2) is 0 Å². The Kier molecular flexibility index (Phi) is 4.54. The van der Waals surface area contributed by atoms with Crippen molar-refractivity contribution in [3.05, 3.63) is 30.3 Å². The van der Waals surface area contributed by atoms with Gasteiger partial charge < -0.3 is 0 Å². The summed E-state index contributed by atoms with van der Waals surface area (Å²) >= 11 is -0.295. The molecule has 1 N–H and O–H groups in total. The fourth-order valence-electron chi connectivity index (χ4n) is 0.743. The number of aliphatic hydroxyl groups is 1. The van der Waals surface area contributed by atoms with Gasteiger partial charge in [0.2, 0.25) is 0 Å². The Morgan fingerprint density at radius 1 is 1.38 bits per heavy atom. The van der Waals surface area contributed by atoms with Crippen molar-refractivity contribution < 1.29 is 14.6 Å². The summed E-state index contributed by atoms with van der Waals surface area (Å²) in [6, 6.07) is 9.45. The zero-order chi connectivity index (χ0) is 9.52. The van der Waals surface area contributed by atoms with E-state index in [9.17, 15) is 4.79 Å². The molecule has 0 saturated heterocycles. The molecule has 13 heavy (non-hydrogen) atoms. The number of carbonyl (C=O) groups excluding carboxylic acids is 1. The minimum atomic E-state index is -0.295. The van der Waals surface area contributed by atoms with E-state index in [-0.39, 0.29) is 33.0 Å². The van der Waals surface area contributed by atoms with Crippen LogP contribution in [-0.4, -0.2) is 38.1 Å². The molecule has 0 bridgehead atoms. The van der Waals surface area contributed by atoms with Gasteiger partial charge in [-0.3, -0.25) is 0 Å². The van der Waals surface area contributed by atoms with Gasteiger partial charge in [0.1, 0.15) is 0 Å². The van der Waals surface area contributed by atoms with Crippen molar-refractivity contribution in [2.75, 3.05) is 13.2 Å². The van der Waals surface area contributed by atoms with Gasteiger partial charge in [0, 0.05) is 0 Å². The van der Waals surface area contributed by atoms with Crippen molar-refractivity contribution in [2.24, 2.45) is 0 Å². The van der Waals surface area contributed by atoms with Crippen molar-refractivity contribution in [2.45, 2.75) is 0 Å². The van der Waals surface area contributed by atoms with E-state index in [0.717, 1.165) is 4.46 Å². The van der Waals surface area contributed by atoms with E-state index in [1.54, 1.807) is 0 Å². The molecule has 1 rings (SSSR count). The molecule has 70 valence electrons. The molecule has 0 unspecified atom stereocenters. The Morgan fingerprint density at radius 3 is 2.69 bits per heavy atom. The maximum atomic E-state index is 11.1. The van der Waals surface area contributed by atoms with Gasteiger partial charge in [-0.05, 0) is 0 Å². The van der Waals surface area contributed by atoms with Crippen molar-refractivity contribution in [3.8, 4) is 0 Å². The summed E-state index contributed by atoms with van der Waals surface area (Å²) in [5.41, 5.74) is 0. The van der Waals surface area contributed by atoms with Gasteiger partial charge in [-0.25, -0.2) is 0 Å². The predicted octanol–water partition coefficient (Wildman–Crippen LogP) is 0.145. The summed E-state index contributed by atoms with van der Waals surface area (Å²) in [5, 5.41) is 8.41. The van der Waals surface area contributed by atoms with Crippen LogP contribution in [0.15, 0.2) is 30.3 Å². The molecule has 0 aliphatic rings. The fraction of sp³-hybridized carbons (Fsp3) is 0.222. The summed E-state index contributed by atoms with van der Waals surface area (Å²) in [4.78, 5) is 10.8. The number of benzene rings is 1. The second-order valence-corrected chi connectivity index (χ2v) is 4.35. The van der Waals surface area contributed by atoms with E-state index in [0.29, 0.717) is 0 Å². The Bertz CT molecular complexity index is 261. The second kappa shape index (κ2) is 5.75. The SMILES string of the molecule is O=C(OCCO)[Se]c1ccccc1. The van der Waals surface area contributed by atoms with Crippen LogP contribution in [0.25, 0.3) is 0 Å². The van der Waals surface area contributed by atoms with E-state index in [1.165, 1.54) is 0 Å². The molecular weight excluding hydrogens is 235 g/mol. The Hall–Kier alpha value is -0.831. The molecule has 0 radical (unpaired) electrons. The topological polar surface area (TPSA) is 46.5 Å². The van der Waals surface area contributed by atoms with E-state index < -0.39 is 0 Å². The summed E-state index contributed by atoms with van der Waals surface area (Å²) in [6.07, 6.45) is 0. The molecule has 0 amide bonds. The summed E-state index contributed by atoms with van der Waals surface area (Å²) in [6.45, 7) is -0.0238. The normalized spacial score (nSPS) is 9.62. The number of hydrogen-bond donors (Lipinski definition) is 1. The molecule has 0 heterocycles. The monoisotopic (exact) mass is 246 g/mol. The van der Waals surface area contributed by atoms with E-state index in [1.807, 2.05) is 30.3 Å². The number of hydrogen-bond acceptors (Lipinski definition) is 3. The first kappa shape index (κ1) is 10.3. The van der Waals surface area contributed by atoms with Gasteiger partial charge in [-0.1, -0.05) is 0 Å². The molecule has 0 spiro atoms. The van der Waals surface area contributed by atoms with Crippen LogP contribution in [0, 0.1) is 0 Å². The number of aliphatic hydroxyl groups excluding tert-OH is 1. The van der Waals surface area contributed by atoms with Crippen molar-refractivity contribution >= 4 is 24.3 Å².